The van der Waals surface area contributed by atoms with E-state index in [1.54, 1.807) is 0 Å². The Morgan fingerprint density at radius 3 is 2.41 bits per heavy atom. The van der Waals surface area contributed by atoms with E-state index in [0.717, 1.165) is 35.3 Å². The number of amides is 1. The van der Waals surface area contributed by atoms with E-state index in [1.807, 2.05) is 23.1 Å². The summed E-state index contributed by atoms with van der Waals surface area (Å²) in [5.74, 6) is 0.115. The van der Waals surface area contributed by atoms with Crippen molar-refractivity contribution in [3.05, 3.63) is 28.2 Å². The lowest BCUT2D eigenvalue weighted by molar-refractivity contribution is 0.0758. The molecule has 0 spiro atoms. The summed E-state index contributed by atoms with van der Waals surface area (Å²) < 4.78 is 0.954. The predicted molar refractivity (Wildman–Crippen MR) is 75.8 cm³/mol. The van der Waals surface area contributed by atoms with Gasteiger partial charge in [-0.2, -0.15) is 0 Å². The topological polar surface area (TPSA) is 20.3 Å². The van der Waals surface area contributed by atoms with E-state index in [1.165, 1.54) is 12.8 Å². The van der Waals surface area contributed by atoms with Gasteiger partial charge in [-0.05, 0) is 31.0 Å². The zero-order valence-corrected chi connectivity index (χ0v) is 12.1. The maximum atomic E-state index is 12.3. The van der Waals surface area contributed by atoms with Crippen molar-refractivity contribution >= 4 is 34.5 Å². The number of benzene rings is 1. The van der Waals surface area contributed by atoms with Gasteiger partial charge in [0.05, 0.1) is 5.56 Å². The lowest BCUT2D eigenvalue weighted by Gasteiger charge is -2.21. The Balaban J connectivity index is 2.17. The predicted octanol–water partition coefficient (Wildman–Crippen LogP) is 3.75. The summed E-state index contributed by atoms with van der Waals surface area (Å²) in [5, 5.41) is 0. The third-order valence-electron chi connectivity index (χ3n) is 3.08. The lowest BCUT2D eigenvalue weighted by Crippen LogP contribution is -2.32. The fourth-order valence-electron chi connectivity index (χ4n) is 2.13. The minimum absolute atomic E-state index is 0.115. The molecule has 1 heterocycles. The van der Waals surface area contributed by atoms with Gasteiger partial charge in [0.15, 0.2) is 0 Å². The van der Waals surface area contributed by atoms with Gasteiger partial charge < -0.3 is 4.90 Å². The van der Waals surface area contributed by atoms with Gasteiger partial charge in [-0.25, -0.2) is 0 Å². The van der Waals surface area contributed by atoms with Crippen molar-refractivity contribution in [3.8, 4) is 0 Å². The Morgan fingerprint density at radius 2 is 1.82 bits per heavy atom. The molecular weight excluding hydrogens is 298 g/mol. The maximum absolute atomic E-state index is 12.3. The van der Waals surface area contributed by atoms with Crippen LogP contribution >= 0.6 is 28.6 Å². The zero-order chi connectivity index (χ0) is 12.3. The summed E-state index contributed by atoms with van der Waals surface area (Å²) in [6, 6.07) is 5.61. The van der Waals surface area contributed by atoms with E-state index < -0.39 is 0 Å². The van der Waals surface area contributed by atoms with Crippen LogP contribution in [0.4, 0.5) is 0 Å². The number of rotatable bonds is 1. The number of thiol groups is 1. The minimum Gasteiger partial charge on any atom is -0.339 e. The normalized spacial score (nSPS) is 16.7. The minimum atomic E-state index is 0.115. The highest BCUT2D eigenvalue weighted by Crippen LogP contribution is 2.22. The summed E-state index contributed by atoms with van der Waals surface area (Å²) in [6.07, 6.45) is 4.70. The second-order valence-electron chi connectivity index (χ2n) is 4.37. The molecule has 17 heavy (non-hydrogen) atoms. The number of nitrogens with zero attached hydrogens (tertiary/aromatic N) is 1. The molecule has 92 valence electrons. The number of likely N-dealkylation sites (tertiary alicyclic amines) is 1. The Morgan fingerprint density at radius 1 is 1.18 bits per heavy atom. The molecule has 1 fully saturated rings. The van der Waals surface area contributed by atoms with Gasteiger partial charge in [0.1, 0.15) is 0 Å². The third kappa shape index (κ3) is 3.26. The van der Waals surface area contributed by atoms with Crippen LogP contribution in [0, 0.1) is 0 Å². The summed E-state index contributed by atoms with van der Waals surface area (Å²) in [4.78, 5) is 15.0. The molecule has 1 saturated heterocycles. The highest BCUT2D eigenvalue weighted by molar-refractivity contribution is 9.10. The molecule has 0 saturated carbocycles. The highest BCUT2D eigenvalue weighted by Gasteiger charge is 2.18. The standard InChI is InChI=1S/C13H16BrNOS/c14-10-5-6-11(12(17)9-10)13(16)15-7-3-1-2-4-8-15/h5-6,9,17H,1-4,7-8H2. The molecule has 1 amide bonds. The first-order valence-corrected chi connectivity index (χ1v) is 7.20. The first-order chi connectivity index (χ1) is 8.18. The molecule has 1 aromatic carbocycles. The van der Waals surface area contributed by atoms with E-state index in [4.69, 9.17) is 0 Å². The number of hydrogen-bond donors (Lipinski definition) is 1. The van der Waals surface area contributed by atoms with E-state index in [0.29, 0.717) is 5.56 Å². The summed E-state index contributed by atoms with van der Waals surface area (Å²) >= 11 is 7.76. The number of carbonyl (C=O) groups is 1. The molecule has 0 aromatic heterocycles. The molecular formula is C13H16BrNOS. The van der Waals surface area contributed by atoms with Gasteiger partial charge in [0, 0.05) is 22.5 Å². The molecule has 0 bridgehead atoms. The Bertz CT molecular complexity index is 414. The number of carbonyl (C=O) groups excluding carboxylic acids is 1. The van der Waals surface area contributed by atoms with Gasteiger partial charge in [-0.3, -0.25) is 4.79 Å². The van der Waals surface area contributed by atoms with Crippen molar-refractivity contribution < 1.29 is 4.79 Å². The van der Waals surface area contributed by atoms with Crippen molar-refractivity contribution in [3.63, 3.8) is 0 Å². The van der Waals surface area contributed by atoms with Gasteiger partial charge in [-0.1, -0.05) is 28.8 Å². The highest BCUT2D eigenvalue weighted by atomic mass is 79.9. The van der Waals surface area contributed by atoms with Crippen LogP contribution in [0.3, 0.4) is 0 Å². The molecule has 0 radical (unpaired) electrons. The molecule has 0 atom stereocenters. The third-order valence-corrected chi connectivity index (χ3v) is 3.95. The van der Waals surface area contributed by atoms with E-state index >= 15 is 0 Å². The molecule has 0 aliphatic carbocycles. The number of hydrogen-bond acceptors (Lipinski definition) is 2. The maximum Gasteiger partial charge on any atom is 0.254 e. The first-order valence-electron chi connectivity index (χ1n) is 5.96. The Labute approximate surface area is 116 Å². The first kappa shape index (κ1) is 13.0. The van der Waals surface area contributed by atoms with Crippen molar-refractivity contribution in [2.45, 2.75) is 30.6 Å². The fourth-order valence-corrected chi connectivity index (χ4v) is 2.98. The SMILES string of the molecule is O=C(c1ccc(Br)cc1S)N1CCCCCC1. The smallest absolute Gasteiger partial charge is 0.254 e. The van der Waals surface area contributed by atoms with Gasteiger partial charge in [-0.15, -0.1) is 12.6 Å². The van der Waals surface area contributed by atoms with E-state index in [2.05, 4.69) is 28.6 Å². The van der Waals surface area contributed by atoms with Crippen LogP contribution in [0.15, 0.2) is 27.6 Å². The molecule has 1 aromatic rings. The van der Waals surface area contributed by atoms with Crippen molar-refractivity contribution in [2.75, 3.05) is 13.1 Å². The largest absolute Gasteiger partial charge is 0.339 e. The molecule has 0 unspecified atom stereocenters. The second kappa shape index (κ2) is 5.91. The van der Waals surface area contributed by atoms with Crippen LogP contribution < -0.4 is 0 Å². The van der Waals surface area contributed by atoms with Gasteiger partial charge in [0.25, 0.3) is 5.91 Å². The summed E-state index contributed by atoms with van der Waals surface area (Å²) in [7, 11) is 0. The molecule has 2 nitrogen and oxygen atoms in total. The Hall–Kier alpha value is -0.480. The van der Waals surface area contributed by atoms with Crippen LogP contribution in [-0.4, -0.2) is 23.9 Å². The second-order valence-corrected chi connectivity index (χ2v) is 5.77. The van der Waals surface area contributed by atoms with Crippen LogP contribution in [0.25, 0.3) is 0 Å². The van der Waals surface area contributed by atoms with Crippen LogP contribution in [0.2, 0.25) is 0 Å². The van der Waals surface area contributed by atoms with E-state index in [-0.39, 0.29) is 5.91 Å². The zero-order valence-electron chi connectivity index (χ0n) is 9.66. The van der Waals surface area contributed by atoms with Crippen molar-refractivity contribution in [1.82, 2.24) is 4.90 Å². The average molecular weight is 314 g/mol. The van der Waals surface area contributed by atoms with E-state index in [9.17, 15) is 4.79 Å². The quantitative estimate of drug-likeness (QED) is 0.783. The molecule has 4 heteroatoms. The average Bonchev–Trinajstić information content (AvgIpc) is 2.56. The van der Waals surface area contributed by atoms with Crippen LogP contribution in [0.1, 0.15) is 36.0 Å². The molecule has 0 N–H and O–H groups in total. The van der Waals surface area contributed by atoms with Crippen molar-refractivity contribution in [1.29, 1.82) is 0 Å². The molecule has 2 rings (SSSR count). The monoisotopic (exact) mass is 313 g/mol. The van der Waals surface area contributed by atoms with Crippen LogP contribution in [-0.2, 0) is 0 Å². The Kier molecular flexibility index (Phi) is 4.51. The fraction of sp³-hybridized carbons (Fsp3) is 0.462. The molecule has 1 aliphatic heterocycles. The van der Waals surface area contributed by atoms with Gasteiger partial charge in [0.2, 0.25) is 0 Å². The van der Waals surface area contributed by atoms with Gasteiger partial charge >= 0.3 is 0 Å². The van der Waals surface area contributed by atoms with Crippen LogP contribution in [0.5, 0.6) is 0 Å². The number of halogens is 1. The lowest BCUT2D eigenvalue weighted by atomic mass is 10.2. The summed E-state index contributed by atoms with van der Waals surface area (Å²) in [6.45, 7) is 1.75. The molecule has 1 aliphatic rings. The summed E-state index contributed by atoms with van der Waals surface area (Å²) in [5.41, 5.74) is 0.707. The van der Waals surface area contributed by atoms with Crippen molar-refractivity contribution in [2.24, 2.45) is 0 Å².